The molecule has 220 valence electrons. The van der Waals surface area contributed by atoms with Crippen molar-refractivity contribution < 1.29 is 23.9 Å². The van der Waals surface area contributed by atoms with Crippen LogP contribution in [0, 0.1) is 12.8 Å². The molecule has 4 aromatic carbocycles. The zero-order valence-electron chi connectivity index (χ0n) is 25.0. The maximum atomic E-state index is 15.2. The smallest absolute Gasteiger partial charge is 0.238 e. The van der Waals surface area contributed by atoms with Gasteiger partial charge in [-0.2, -0.15) is 0 Å². The first-order valence-corrected chi connectivity index (χ1v) is 14.7. The van der Waals surface area contributed by atoms with Crippen LogP contribution in [-0.2, 0) is 10.2 Å². The van der Waals surface area contributed by atoms with Gasteiger partial charge in [-0.15, -0.1) is 0 Å². The highest BCUT2D eigenvalue weighted by molar-refractivity contribution is 6.19. The minimum atomic E-state index is -1.42. The number of benzene rings is 4. The Hall–Kier alpha value is -5.17. The van der Waals surface area contributed by atoms with Gasteiger partial charge in [0.15, 0.2) is 11.6 Å². The van der Waals surface area contributed by atoms with Gasteiger partial charge < -0.3 is 19.7 Å². The third-order valence-electron chi connectivity index (χ3n) is 9.41. The third kappa shape index (κ3) is 3.78. The van der Waals surface area contributed by atoms with Crippen LogP contribution in [0.2, 0.25) is 0 Å². The second kappa shape index (κ2) is 10.2. The van der Waals surface area contributed by atoms with Gasteiger partial charge in [-0.05, 0) is 61.4 Å². The van der Waals surface area contributed by atoms with E-state index in [1.165, 1.54) is 14.2 Å². The number of aryl methyl sites for hydroxylation is 1. The second-order valence-corrected chi connectivity index (χ2v) is 11.7. The number of hydrogen-bond acceptors (Lipinski definition) is 6. The highest BCUT2D eigenvalue weighted by Gasteiger charge is 2.70. The highest BCUT2D eigenvalue weighted by Crippen LogP contribution is 2.59. The number of nitrogens with zero attached hydrogens (tertiary/aromatic N) is 1. The monoisotopic (exact) mass is 584 g/mol. The Morgan fingerprint density at radius 2 is 1.59 bits per heavy atom. The number of rotatable bonds is 6. The van der Waals surface area contributed by atoms with Gasteiger partial charge in [0.05, 0.1) is 31.7 Å². The summed E-state index contributed by atoms with van der Waals surface area (Å²) in [5.74, 6) is -1.20. The van der Waals surface area contributed by atoms with Crippen LogP contribution in [-0.4, -0.2) is 43.8 Å². The summed E-state index contributed by atoms with van der Waals surface area (Å²) in [5.41, 5.74) is 4.50. The molecule has 1 N–H and O–H groups in total. The average Bonchev–Trinajstić information content (AvgIpc) is 3.52. The minimum Gasteiger partial charge on any atom is -0.497 e. The van der Waals surface area contributed by atoms with E-state index in [1.54, 1.807) is 30.3 Å². The van der Waals surface area contributed by atoms with Crippen molar-refractivity contribution in [3.8, 4) is 11.5 Å². The van der Waals surface area contributed by atoms with Crippen molar-refractivity contribution in [2.45, 2.75) is 31.3 Å². The number of amides is 1. The molecule has 7 rings (SSSR count). The number of allylic oxidation sites excluding steroid dienone is 1. The van der Waals surface area contributed by atoms with E-state index in [-0.39, 0.29) is 23.0 Å². The van der Waals surface area contributed by atoms with Crippen molar-refractivity contribution in [2.24, 2.45) is 5.92 Å². The molecule has 3 heterocycles. The first-order chi connectivity index (χ1) is 21.3. The topological polar surface area (TPSA) is 84.9 Å². The lowest BCUT2D eigenvalue weighted by Crippen LogP contribution is -2.51. The van der Waals surface area contributed by atoms with Gasteiger partial charge in [-0.25, -0.2) is 0 Å². The van der Waals surface area contributed by atoms with Crippen LogP contribution in [0.25, 0.3) is 5.57 Å². The van der Waals surface area contributed by atoms with Crippen molar-refractivity contribution in [2.75, 3.05) is 24.4 Å². The molecule has 1 amide bonds. The molecule has 0 bridgehead atoms. The summed E-state index contributed by atoms with van der Waals surface area (Å²) >= 11 is 0. The number of anilines is 2. The Bertz CT molecular complexity index is 1880. The number of nitrogens with one attached hydrogen (secondary N) is 1. The number of para-hydroxylation sites is 1. The number of fused-ring (bicyclic) bond motifs is 6. The molecule has 1 spiro atoms. The molecule has 7 nitrogen and oxygen atoms in total. The molecule has 1 saturated heterocycles. The van der Waals surface area contributed by atoms with E-state index in [1.807, 2.05) is 73.3 Å². The van der Waals surface area contributed by atoms with Crippen molar-refractivity contribution >= 4 is 34.4 Å². The predicted octanol–water partition coefficient (Wildman–Crippen LogP) is 6.26. The Kier molecular flexibility index (Phi) is 6.43. The van der Waals surface area contributed by atoms with Gasteiger partial charge in [-0.1, -0.05) is 66.2 Å². The molecular formula is C37H32N2O5. The summed E-state index contributed by atoms with van der Waals surface area (Å²) in [4.78, 5) is 46.7. The molecule has 0 saturated carbocycles. The molecule has 0 radical (unpaired) electrons. The number of ether oxygens (including phenoxy) is 2. The normalized spacial score (nSPS) is 22.9. The van der Waals surface area contributed by atoms with E-state index >= 15 is 4.79 Å². The first kappa shape index (κ1) is 27.7. The van der Waals surface area contributed by atoms with Crippen LogP contribution in [0.5, 0.6) is 11.5 Å². The molecule has 4 atom stereocenters. The first-order valence-electron chi connectivity index (χ1n) is 14.7. The molecule has 0 aliphatic carbocycles. The Morgan fingerprint density at radius 3 is 2.34 bits per heavy atom. The van der Waals surface area contributed by atoms with E-state index < -0.39 is 23.4 Å². The largest absolute Gasteiger partial charge is 0.497 e. The maximum Gasteiger partial charge on any atom is 0.238 e. The van der Waals surface area contributed by atoms with Crippen LogP contribution in [0.1, 0.15) is 44.3 Å². The Labute approximate surface area is 256 Å². The van der Waals surface area contributed by atoms with Gasteiger partial charge in [0.2, 0.25) is 5.91 Å². The standard InChI is InChI=1S/C37H32N2O5/c1-21-14-16-29-25(18-21)22(2)19-31-37(27-12-8-9-13-28(27)38-36(37)42)32(33(39(29)31)34(40)23-10-6-5-7-11-23)35(41)26-20-24(43-3)15-17-30(26)44-4/h5-20,31-33H,1-4H3,(H,38,42)/t31-,32+,33-,37+/m1/s1. The van der Waals surface area contributed by atoms with E-state index in [2.05, 4.69) is 17.5 Å². The lowest BCUT2D eigenvalue weighted by molar-refractivity contribution is -0.121. The fourth-order valence-corrected chi connectivity index (χ4v) is 7.49. The predicted molar refractivity (Wildman–Crippen MR) is 170 cm³/mol. The fourth-order valence-electron chi connectivity index (χ4n) is 7.49. The molecular weight excluding hydrogens is 552 g/mol. The molecule has 4 aromatic rings. The molecule has 3 aliphatic heterocycles. The van der Waals surface area contributed by atoms with Crippen molar-refractivity contribution in [3.63, 3.8) is 0 Å². The van der Waals surface area contributed by atoms with E-state index in [9.17, 15) is 9.59 Å². The van der Waals surface area contributed by atoms with Gasteiger partial charge in [0.25, 0.3) is 0 Å². The van der Waals surface area contributed by atoms with Crippen LogP contribution < -0.4 is 19.7 Å². The summed E-state index contributed by atoms with van der Waals surface area (Å²) in [6.45, 7) is 4.05. The van der Waals surface area contributed by atoms with Gasteiger partial charge in [-0.3, -0.25) is 14.4 Å². The van der Waals surface area contributed by atoms with Crippen LogP contribution in [0.4, 0.5) is 11.4 Å². The number of hydrogen-bond donors (Lipinski definition) is 1. The van der Waals surface area contributed by atoms with Gasteiger partial charge >= 0.3 is 0 Å². The molecule has 7 heteroatoms. The van der Waals surface area contributed by atoms with Crippen molar-refractivity contribution in [1.29, 1.82) is 0 Å². The number of ketones is 2. The molecule has 0 unspecified atom stereocenters. The average molecular weight is 585 g/mol. The van der Waals surface area contributed by atoms with Crippen molar-refractivity contribution in [1.82, 2.24) is 0 Å². The van der Waals surface area contributed by atoms with Gasteiger partial charge in [0, 0.05) is 22.5 Å². The number of carbonyl (C=O) groups excluding carboxylic acids is 3. The number of Topliss-reactive ketones (excluding diaryl/α,β-unsaturated/α-hetero) is 2. The van der Waals surface area contributed by atoms with Gasteiger partial charge in [0.1, 0.15) is 23.0 Å². The van der Waals surface area contributed by atoms with Crippen molar-refractivity contribution in [3.05, 3.63) is 125 Å². The molecule has 3 aliphatic rings. The zero-order valence-corrected chi connectivity index (χ0v) is 25.0. The second-order valence-electron chi connectivity index (χ2n) is 11.7. The minimum absolute atomic E-state index is 0.232. The number of methoxy groups -OCH3 is 2. The molecule has 1 fully saturated rings. The summed E-state index contributed by atoms with van der Waals surface area (Å²) in [6, 6.07) is 26.0. The summed E-state index contributed by atoms with van der Waals surface area (Å²) in [7, 11) is 3.03. The SMILES string of the molecule is COc1ccc(OC)c(C(=O)[C@@H]2[C@H](C(=O)c3ccccc3)N3c4ccc(C)cc4C(C)=C[C@@H]3[C@]23C(=O)Nc2ccccc23)c1. The summed E-state index contributed by atoms with van der Waals surface area (Å²) in [5, 5.41) is 3.08. The Morgan fingerprint density at radius 1 is 0.841 bits per heavy atom. The third-order valence-corrected chi connectivity index (χ3v) is 9.41. The van der Waals surface area contributed by atoms with E-state index in [0.717, 1.165) is 22.4 Å². The summed E-state index contributed by atoms with van der Waals surface area (Å²) < 4.78 is 11.2. The maximum absolute atomic E-state index is 15.2. The highest BCUT2D eigenvalue weighted by atomic mass is 16.5. The van der Waals surface area contributed by atoms with Crippen LogP contribution in [0.3, 0.4) is 0 Å². The van der Waals surface area contributed by atoms with Crippen LogP contribution >= 0.6 is 0 Å². The lowest BCUT2D eigenvalue weighted by Gasteiger charge is -2.39. The molecule has 0 aromatic heterocycles. The lowest BCUT2D eigenvalue weighted by atomic mass is 9.63. The van der Waals surface area contributed by atoms with E-state index in [0.29, 0.717) is 28.3 Å². The zero-order chi connectivity index (χ0) is 30.7. The summed E-state index contributed by atoms with van der Waals surface area (Å²) in [6.07, 6.45) is 2.06. The molecule has 44 heavy (non-hydrogen) atoms. The number of carbonyl (C=O) groups is 3. The van der Waals surface area contributed by atoms with E-state index in [4.69, 9.17) is 9.47 Å². The fraction of sp³-hybridized carbons (Fsp3) is 0.216. The quantitative estimate of drug-likeness (QED) is 0.270. The van der Waals surface area contributed by atoms with Crippen LogP contribution in [0.15, 0.2) is 97.1 Å². The Balaban J connectivity index is 1.57.